The molecule has 0 saturated heterocycles. The van der Waals surface area contributed by atoms with Gasteiger partial charge in [-0.3, -0.25) is 4.79 Å². The number of aromatic nitrogens is 2. The van der Waals surface area contributed by atoms with Crippen molar-refractivity contribution in [3.05, 3.63) is 11.8 Å². The van der Waals surface area contributed by atoms with Crippen molar-refractivity contribution >= 4 is 17.7 Å². The van der Waals surface area contributed by atoms with Crippen LogP contribution in [-0.2, 0) is 11.0 Å². The lowest BCUT2D eigenvalue weighted by Gasteiger charge is -2.18. The zero-order valence-corrected chi connectivity index (χ0v) is 10.5. The summed E-state index contributed by atoms with van der Waals surface area (Å²) in [5.74, 6) is -0.880. The van der Waals surface area contributed by atoms with Gasteiger partial charge in [0.05, 0.1) is 6.54 Å². The van der Waals surface area contributed by atoms with E-state index < -0.39 is 17.8 Å². The van der Waals surface area contributed by atoms with Gasteiger partial charge in [-0.25, -0.2) is 4.98 Å². The van der Waals surface area contributed by atoms with Crippen molar-refractivity contribution < 1.29 is 18.0 Å². The highest BCUT2D eigenvalue weighted by Gasteiger charge is 2.33. The number of carbonyl (C=O) groups excluding carboxylic acids is 1. The van der Waals surface area contributed by atoms with Crippen molar-refractivity contribution in [1.29, 1.82) is 0 Å². The summed E-state index contributed by atoms with van der Waals surface area (Å²) in [6.45, 7) is 2.05. The molecule has 6 nitrogen and oxygen atoms in total. The van der Waals surface area contributed by atoms with Gasteiger partial charge in [-0.05, 0) is 6.92 Å². The van der Waals surface area contributed by atoms with Crippen LogP contribution in [-0.4, -0.2) is 36.0 Å². The molecule has 106 valence electrons. The predicted molar refractivity (Wildman–Crippen MR) is 63.4 cm³/mol. The number of nitrogens with zero attached hydrogens (tertiary/aromatic N) is 3. The van der Waals surface area contributed by atoms with E-state index in [0.29, 0.717) is 6.54 Å². The molecule has 1 rings (SSSR count). The summed E-state index contributed by atoms with van der Waals surface area (Å²) < 4.78 is 37.7. The van der Waals surface area contributed by atoms with Gasteiger partial charge in [0.2, 0.25) is 11.9 Å². The Balaban J connectivity index is 2.94. The second kappa shape index (κ2) is 5.72. The molecule has 0 aliphatic rings. The summed E-state index contributed by atoms with van der Waals surface area (Å²) in [6, 6.07) is 0.746. The molecule has 0 aromatic carbocycles. The molecule has 0 spiro atoms. The SMILES string of the molecule is CCNC(=O)CN(C)c1cc(C(F)(F)F)nc(N)n1. The fraction of sp³-hybridized carbons (Fsp3) is 0.500. The normalized spacial score (nSPS) is 11.2. The maximum Gasteiger partial charge on any atom is 0.433 e. The Morgan fingerprint density at radius 2 is 2.11 bits per heavy atom. The van der Waals surface area contributed by atoms with Crippen LogP contribution in [0.5, 0.6) is 0 Å². The Morgan fingerprint density at radius 3 is 2.63 bits per heavy atom. The van der Waals surface area contributed by atoms with E-state index in [4.69, 9.17) is 5.73 Å². The first-order valence-corrected chi connectivity index (χ1v) is 5.43. The maximum absolute atomic E-state index is 12.6. The standard InChI is InChI=1S/C10H14F3N5O/c1-3-15-8(19)5-18(2)7-4-6(10(11,12)13)16-9(14)17-7/h4H,3,5H2,1-2H3,(H,15,19)(H2,14,16,17). The number of nitrogens with two attached hydrogens (primary N) is 1. The van der Waals surface area contributed by atoms with E-state index in [1.165, 1.54) is 11.9 Å². The zero-order chi connectivity index (χ0) is 14.6. The molecule has 0 fully saturated rings. The molecule has 1 aromatic rings. The van der Waals surface area contributed by atoms with E-state index in [9.17, 15) is 18.0 Å². The molecule has 19 heavy (non-hydrogen) atoms. The third kappa shape index (κ3) is 4.27. The number of hydrogen-bond donors (Lipinski definition) is 2. The van der Waals surface area contributed by atoms with Crippen molar-refractivity contribution in [1.82, 2.24) is 15.3 Å². The Morgan fingerprint density at radius 1 is 1.47 bits per heavy atom. The molecule has 0 unspecified atom stereocenters. The highest BCUT2D eigenvalue weighted by molar-refractivity contribution is 5.80. The first kappa shape index (κ1) is 15.0. The van der Waals surface area contributed by atoms with Crippen molar-refractivity contribution in [2.75, 3.05) is 30.8 Å². The maximum atomic E-state index is 12.6. The smallest absolute Gasteiger partial charge is 0.368 e. The summed E-state index contributed by atoms with van der Waals surface area (Å²) in [5.41, 5.74) is 4.09. The third-order valence-electron chi connectivity index (χ3n) is 2.17. The van der Waals surface area contributed by atoms with E-state index in [-0.39, 0.29) is 18.3 Å². The van der Waals surface area contributed by atoms with E-state index >= 15 is 0 Å². The highest BCUT2D eigenvalue weighted by atomic mass is 19.4. The fourth-order valence-electron chi connectivity index (χ4n) is 1.34. The summed E-state index contributed by atoms with van der Waals surface area (Å²) in [4.78, 5) is 19.4. The van der Waals surface area contributed by atoms with Gasteiger partial charge in [-0.15, -0.1) is 0 Å². The van der Waals surface area contributed by atoms with Crippen LogP contribution in [0.1, 0.15) is 12.6 Å². The number of likely N-dealkylation sites (N-methyl/N-ethyl adjacent to an activating group) is 2. The number of amides is 1. The highest BCUT2D eigenvalue weighted by Crippen LogP contribution is 2.29. The van der Waals surface area contributed by atoms with Crippen molar-refractivity contribution in [3.63, 3.8) is 0 Å². The van der Waals surface area contributed by atoms with Gasteiger partial charge in [0, 0.05) is 19.7 Å². The summed E-state index contributed by atoms with van der Waals surface area (Å²) in [6.07, 6.45) is -4.61. The van der Waals surface area contributed by atoms with Crippen LogP contribution >= 0.6 is 0 Å². The van der Waals surface area contributed by atoms with Crippen molar-refractivity contribution in [2.24, 2.45) is 0 Å². The van der Waals surface area contributed by atoms with Gasteiger partial charge in [0.1, 0.15) is 5.82 Å². The summed E-state index contributed by atoms with van der Waals surface area (Å²) in [5, 5.41) is 2.53. The van der Waals surface area contributed by atoms with Gasteiger partial charge in [-0.2, -0.15) is 18.2 Å². The van der Waals surface area contributed by atoms with Crippen LogP contribution in [0.25, 0.3) is 0 Å². The molecule has 0 bridgehead atoms. The minimum atomic E-state index is -4.61. The zero-order valence-electron chi connectivity index (χ0n) is 10.5. The molecule has 1 heterocycles. The quantitative estimate of drug-likeness (QED) is 0.844. The number of rotatable bonds is 4. The second-order valence-electron chi connectivity index (χ2n) is 3.78. The summed E-state index contributed by atoms with van der Waals surface area (Å²) >= 11 is 0. The molecule has 1 aromatic heterocycles. The first-order chi connectivity index (χ1) is 8.74. The monoisotopic (exact) mass is 277 g/mol. The van der Waals surface area contributed by atoms with Crippen LogP contribution in [0, 0.1) is 0 Å². The molecular weight excluding hydrogens is 263 g/mol. The number of hydrogen-bond acceptors (Lipinski definition) is 5. The van der Waals surface area contributed by atoms with Crippen LogP contribution in [0.4, 0.5) is 24.9 Å². The molecule has 0 radical (unpaired) electrons. The Labute approximate surface area is 107 Å². The average molecular weight is 277 g/mol. The minimum Gasteiger partial charge on any atom is -0.368 e. The molecule has 0 atom stereocenters. The minimum absolute atomic E-state index is 0.0638. The molecular formula is C10H14F3N5O. The molecule has 0 saturated carbocycles. The molecule has 1 amide bonds. The number of carbonyl (C=O) groups is 1. The number of nitrogen functional groups attached to an aromatic ring is 1. The number of alkyl halides is 3. The number of nitrogens with one attached hydrogen (secondary N) is 1. The third-order valence-corrected chi connectivity index (χ3v) is 2.17. The van der Waals surface area contributed by atoms with E-state index in [1.807, 2.05) is 0 Å². The van der Waals surface area contributed by atoms with Gasteiger partial charge >= 0.3 is 6.18 Å². The number of halogens is 3. The van der Waals surface area contributed by atoms with Gasteiger partial charge in [0.25, 0.3) is 0 Å². The lowest BCUT2D eigenvalue weighted by molar-refractivity contribution is -0.141. The van der Waals surface area contributed by atoms with Crippen molar-refractivity contribution in [3.8, 4) is 0 Å². The topological polar surface area (TPSA) is 84.1 Å². The first-order valence-electron chi connectivity index (χ1n) is 5.43. The fourth-order valence-corrected chi connectivity index (χ4v) is 1.34. The van der Waals surface area contributed by atoms with E-state index in [0.717, 1.165) is 6.07 Å². The summed E-state index contributed by atoms with van der Waals surface area (Å²) in [7, 11) is 1.44. The van der Waals surface area contributed by atoms with Gasteiger partial charge in [0.15, 0.2) is 5.69 Å². The van der Waals surface area contributed by atoms with Crippen LogP contribution in [0.15, 0.2) is 6.07 Å². The van der Waals surface area contributed by atoms with Crippen molar-refractivity contribution in [2.45, 2.75) is 13.1 Å². The average Bonchev–Trinajstić information content (AvgIpc) is 2.27. The predicted octanol–water partition coefficient (Wildman–Crippen LogP) is 0.650. The van der Waals surface area contributed by atoms with E-state index in [1.54, 1.807) is 6.92 Å². The molecule has 0 aliphatic carbocycles. The van der Waals surface area contributed by atoms with Crippen LogP contribution in [0.2, 0.25) is 0 Å². The molecule has 3 N–H and O–H groups in total. The largest absolute Gasteiger partial charge is 0.433 e. The Bertz CT molecular complexity index is 463. The van der Waals surface area contributed by atoms with Crippen LogP contribution in [0.3, 0.4) is 0 Å². The molecule has 0 aliphatic heterocycles. The van der Waals surface area contributed by atoms with Gasteiger partial charge < -0.3 is 16.0 Å². The Hall–Kier alpha value is -2.06. The van der Waals surface area contributed by atoms with Gasteiger partial charge in [-0.1, -0.05) is 0 Å². The van der Waals surface area contributed by atoms with Crippen LogP contribution < -0.4 is 16.0 Å². The lowest BCUT2D eigenvalue weighted by Crippen LogP contribution is -2.35. The lowest BCUT2D eigenvalue weighted by atomic mass is 10.3. The van der Waals surface area contributed by atoms with E-state index in [2.05, 4.69) is 15.3 Å². The Kier molecular flexibility index (Phi) is 4.52. The second-order valence-corrected chi connectivity index (χ2v) is 3.78. The molecule has 9 heteroatoms. The number of anilines is 2.